The lowest BCUT2D eigenvalue weighted by Gasteiger charge is -2.15. The maximum absolute atomic E-state index is 11.3. The fourth-order valence-electron chi connectivity index (χ4n) is 1.34. The fraction of sp³-hybridized carbons (Fsp3) is 0.273. The molecule has 0 unspecified atom stereocenters. The van der Waals surface area contributed by atoms with Crippen LogP contribution in [0.25, 0.3) is 0 Å². The van der Waals surface area contributed by atoms with E-state index in [9.17, 15) is 9.59 Å². The van der Waals surface area contributed by atoms with E-state index in [1.54, 1.807) is 13.2 Å². The van der Waals surface area contributed by atoms with Gasteiger partial charge in [0, 0.05) is 13.6 Å². The first-order valence-corrected chi connectivity index (χ1v) is 5.62. The second-order valence-electron chi connectivity index (χ2n) is 3.49. The molecule has 1 aromatic rings. The van der Waals surface area contributed by atoms with Crippen LogP contribution in [-0.2, 0) is 16.1 Å². The largest absolute Gasteiger partial charge is 0.496 e. The summed E-state index contributed by atoms with van der Waals surface area (Å²) < 4.78 is 5.88. The van der Waals surface area contributed by atoms with Gasteiger partial charge in [-0.2, -0.15) is 0 Å². The quantitative estimate of drug-likeness (QED) is 0.843. The van der Waals surface area contributed by atoms with Crippen LogP contribution < -0.4 is 10.5 Å². The third kappa shape index (κ3) is 3.45. The molecule has 0 fully saturated rings. The second-order valence-corrected chi connectivity index (χ2v) is 4.35. The molecule has 1 aromatic carbocycles. The van der Waals surface area contributed by atoms with E-state index in [1.807, 2.05) is 12.1 Å². The Morgan fingerprint density at radius 2 is 2.12 bits per heavy atom. The van der Waals surface area contributed by atoms with Gasteiger partial charge in [-0.1, -0.05) is 6.07 Å². The summed E-state index contributed by atoms with van der Waals surface area (Å²) in [6, 6.07) is 5.42. The third-order valence-electron chi connectivity index (χ3n) is 2.19. The molecule has 17 heavy (non-hydrogen) atoms. The average Bonchev–Trinajstić information content (AvgIpc) is 2.28. The van der Waals surface area contributed by atoms with Gasteiger partial charge in [0.15, 0.2) is 0 Å². The molecule has 0 aliphatic rings. The summed E-state index contributed by atoms with van der Waals surface area (Å²) in [7, 11) is 3.09. The fourth-order valence-corrected chi connectivity index (χ4v) is 1.93. The number of hydrogen-bond donors (Lipinski definition) is 1. The van der Waals surface area contributed by atoms with Gasteiger partial charge in [-0.15, -0.1) is 0 Å². The Morgan fingerprint density at radius 3 is 2.59 bits per heavy atom. The summed E-state index contributed by atoms with van der Waals surface area (Å²) in [5, 5.41) is 0. The Balaban J connectivity index is 2.79. The van der Waals surface area contributed by atoms with E-state index in [4.69, 9.17) is 10.5 Å². The number of amides is 2. The minimum atomic E-state index is -0.958. The van der Waals surface area contributed by atoms with Crippen molar-refractivity contribution in [3.8, 4) is 5.75 Å². The molecule has 0 aliphatic carbocycles. The number of halogens is 1. The van der Waals surface area contributed by atoms with Gasteiger partial charge in [0.2, 0.25) is 0 Å². The number of carbonyl (C=O) groups is 2. The molecule has 0 spiro atoms. The number of methoxy groups -OCH3 is 1. The number of nitrogens with two attached hydrogens (primary N) is 1. The Labute approximate surface area is 108 Å². The molecule has 2 amide bonds. The number of nitrogens with zero attached hydrogens (tertiary/aromatic N) is 1. The molecule has 6 heteroatoms. The van der Waals surface area contributed by atoms with Crippen LogP contribution >= 0.6 is 15.9 Å². The number of hydrogen-bond acceptors (Lipinski definition) is 3. The first-order chi connectivity index (χ1) is 7.95. The Bertz CT molecular complexity index is 448. The van der Waals surface area contributed by atoms with Gasteiger partial charge in [0.25, 0.3) is 0 Å². The van der Waals surface area contributed by atoms with Crippen molar-refractivity contribution in [3.63, 3.8) is 0 Å². The zero-order chi connectivity index (χ0) is 13.0. The number of ether oxygens (including phenoxy) is 1. The molecule has 0 heterocycles. The van der Waals surface area contributed by atoms with Crippen LogP contribution in [0.2, 0.25) is 0 Å². The Morgan fingerprint density at radius 1 is 1.47 bits per heavy atom. The van der Waals surface area contributed by atoms with Crippen LogP contribution in [0.1, 0.15) is 5.56 Å². The lowest BCUT2D eigenvalue weighted by atomic mass is 10.2. The number of primary amides is 1. The van der Waals surface area contributed by atoms with Gasteiger partial charge in [0.1, 0.15) is 5.75 Å². The SMILES string of the molecule is COc1ccc(CN(C)C(=O)C(N)=O)cc1Br. The van der Waals surface area contributed by atoms with Crippen LogP contribution in [0.3, 0.4) is 0 Å². The standard InChI is InChI=1S/C11H13BrN2O3/c1-14(11(16)10(13)15)6-7-3-4-9(17-2)8(12)5-7/h3-5H,6H2,1-2H3,(H2,13,15). The average molecular weight is 301 g/mol. The monoisotopic (exact) mass is 300 g/mol. The highest BCUT2D eigenvalue weighted by Gasteiger charge is 2.15. The predicted molar refractivity (Wildman–Crippen MR) is 66.4 cm³/mol. The first kappa shape index (κ1) is 13.5. The highest BCUT2D eigenvalue weighted by Crippen LogP contribution is 2.25. The van der Waals surface area contributed by atoms with Crippen molar-refractivity contribution in [2.75, 3.05) is 14.2 Å². The van der Waals surface area contributed by atoms with E-state index < -0.39 is 11.8 Å². The lowest BCUT2D eigenvalue weighted by molar-refractivity contribution is -0.143. The molecule has 0 bridgehead atoms. The van der Waals surface area contributed by atoms with Crippen LogP contribution in [0.15, 0.2) is 22.7 Å². The molecule has 2 N–H and O–H groups in total. The first-order valence-electron chi connectivity index (χ1n) is 4.83. The van der Waals surface area contributed by atoms with Crippen molar-refractivity contribution in [2.45, 2.75) is 6.54 Å². The molecule has 92 valence electrons. The number of benzene rings is 1. The Kier molecular flexibility index (Phi) is 4.51. The van der Waals surface area contributed by atoms with Crippen molar-refractivity contribution in [2.24, 2.45) is 5.73 Å². The van der Waals surface area contributed by atoms with Crippen molar-refractivity contribution in [1.29, 1.82) is 0 Å². The van der Waals surface area contributed by atoms with E-state index in [0.717, 1.165) is 10.0 Å². The van der Waals surface area contributed by atoms with Crippen LogP contribution in [0, 0.1) is 0 Å². The molecular weight excluding hydrogens is 288 g/mol. The maximum atomic E-state index is 11.3. The summed E-state index contributed by atoms with van der Waals surface area (Å²) in [6.07, 6.45) is 0. The smallest absolute Gasteiger partial charge is 0.311 e. The summed E-state index contributed by atoms with van der Waals surface area (Å²) in [5.74, 6) is -0.963. The van der Waals surface area contributed by atoms with Crippen molar-refractivity contribution < 1.29 is 14.3 Å². The highest BCUT2D eigenvalue weighted by molar-refractivity contribution is 9.10. The van der Waals surface area contributed by atoms with Gasteiger partial charge in [0.05, 0.1) is 11.6 Å². The van der Waals surface area contributed by atoms with E-state index in [1.165, 1.54) is 11.9 Å². The minimum absolute atomic E-state index is 0.310. The molecule has 0 radical (unpaired) electrons. The van der Waals surface area contributed by atoms with E-state index >= 15 is 0 Å². The van der Waals surface area contributed by atoms with Crippen LogP contribution in [0.4, 0.5) is 0 Å². The highest BCUT2D eigenvalue weighted by atomic mass is 79.9. The summed E-state index contributed by atoms with van der Waals surface area (Å²) in [5.41, 5.74) is 5.78. The second kappa shape index (κ2) is 5.67. The minimum Gasteiger partial charge on any atom is -0.496 e. The van der Waals surface area contributed by atoms with Crippen molar-refractivity contribution >= 4 is 27.7 Å². The lowest BCUT2D eigenvalue weighted by Crippen LogP contribution is -2.37. The molecule has 5 nitrogen and oxygen atoms in total. The molecule has 0 atom stereocenters. The van der Waals surface area contributed by atoms with Gasteiger partial charge in [-0.05, 0) is 33.6 Å². The predicted octanol–water partition coefficient (Wildman–Crippen LogP) is 0.901. The zero-order valence-electron chi connectivity index (χ0n) is 9.57. The Hall–Kier alpha value is -1.56. The molecule has 1 rings (SSSR count). The maximum Gasteiger partial charge on any atom is 0.311 e. The zero-order valence-corrected chi connectivity index (χ0v) is 11.2. The summed E-state index contributed by atoms with van der Waals surface area (Å²) in [6.45, 7) is 0.310. The molecular formula is C11H13BrN2O3. The normalized spacial score (nSPS) is 9.82. The molecule has 0 aliphatic heterocycles. The molecule has 0 aromatic heterocycles. The number of rotatable bonds is 3. The number of carbonyl (C=O) groups excluding carboxylic acids is 2. The van der Waals surface area contributed by atoms with Crippen molar-refractivity contribution in [3.05, 3.63) is 28.2 Å². The summed E-state index contributed by atoms with van der Waals surface area (Å²) >= 11 is 3.34. The third-order valence-corrected chi connectivity index (χ3v) is 2.81. The topological polar surface area (TPSA) is 72.6 Å². The molecule has 0 saturated heterocycles. The van der Waals surface area contributed by atoms with Gasteiger partial charge in [-0.25, -0.2) is 0 Å². The van der Waals surface area contributed by atoms with Gasteiger partial charge >= 0.3 is 11.8 Å². The van der Waals surface area contributed by atoms with E-state index in [2.05, 4.69) is 15.9 Å². The van der Waals surface area contributed by atoms with Gasteiger partial charge < -0.3 is 15.4 Å². The van der Waals surface area contributed by atoms with Crippen LogP contribution in [-0.4, -0.2) is 30.9 Å². The molecule has 0 saturated carbocycles. The van der Waals surface area contributed by atoms with E-state index in [-0.39, 0.29) is 0 Å². The number of likely N-dealkylation sites (N-methyl/N-ethyl adjacent to an activating group) is 1. The van der Waals surface area contributed by atoms with Crippen molar-refractivity contribution in [1.82, 2.24) is 4.90 Å². The van der Waals surface area contributed by atoms with Gasteiger partial charge in [-0.3, -0.25) is 9.59 Å². The summed E-state index contributed by atoms with van der Waals surface area (Å²) in [4.78, 5) is 23.2. The van der Waals surface area contributed by atoms with E-state index in [0.29, 0.717) is 12.3 Å². The van der Waals surface area contributed by atoms with Crippen LogP contribution in [0.5, 0.6) is 5.75 Å².